The first kappa shape index (κ1) is 15.1. The Balaban J connectivity index is 2.60. The van der Waals surface area contributed by atoms with Gasteiger partial charge in [0.05, 0.1) is 0 Å². The Kier molecular flexibility index (Phi) is 5.44. The number of amides is 2. The first-order valence-electron chi connectivity index (χ1n) is 5.81. The van der Waals surface area contributed by atoms with E-state index >= 15 is 0 Å². The van der Waals surface area contributed by atoms with Gasteiger partial charge in [-0.05, 0) is 24.6 Å². The van der Waals surface area contributed by atoms with Crippen LogP contribution >= 0.6 is 0 Å². The molecule has 0 aliphatic heterocycles. The maximum absolute atomic E-state index is 12.8. The smallest absolute Gasteiger partial charge is 0.246 e. The van der Waals surface area contributed by atoms with E-state index in [0.29, 0.717) is 0 Å². The predicted octanol–water partition coefficient (Wildman–Crippen LogP) is 1.02. The Labute approximate surface area is 111 Å². The summed E-state index contributed by atoms with van der Waals surface area (Å²) in [5, 5.41) is 0. The minimum atomic E-state index is -0.768. The third-order valence-corrected chi connectivity index (χ3v) is 2.61. The Morgan fingerprint density at radius 1 is 1.37 bits per heavy atom. The minimum Gasteiger partial charge on any atom is -0.367 e. The standard InChI is InChI=1S/C13H17FN2O3/c1-9(13(15)18)19-8-16(10(2)17)7-11-3-5-12(14)6-4-11/h3-6,9H,7-8H2,1-2H3,(H2,15,18). The fourth-order valence-corrected chi connectivity index (χ4v) is 1.34. The van der Waals surface area contributed by atoms with Crippen molar-refractivity contribution in [2.45, 2.75) is 26.5 Å². The fourth-order valence-electron chi connectivity index (χ4n) is 1.34. The van der Waals surface area contributed by atoms with E-state index in [1.165, 1.54) is 30.9 Å². The fraction of sp³-hybridized carbons (Fsp3) is 0.385. The highest BCUT2D eigenvalue weighted by Gasteiger charge is 2.14. The van der Waals surface area contributed by atoms with Crippen LogP contribution in [-0.4, -0.2) is 29.5 Å². The van der Waals surface area contributed by atoms with Crippen LogP contribution in [0.25, 0.3) is 0 Å². The molecule has 1 unspecified atom stereocenters. The predicted molar refractivity (Wildman–Crippen MR) is 67.2 cm³/mol. The molecule has 2 amide bonds. The zero-order chi connectivity index (χ0) is 14.4. The Bertz CT molecular complexity index is 448. The number of nitrogens with two attached hydrogens (primary N) is 1. The first-order chi connectivity index (χ1) is 8.90. The van der Waals surface area contributed by atoms with Crippen LogP contribution in [0.2, 0.25) is 0 Å². The SMILES string of the molecule is CC(=O)N(COC(C)C(N)=O)Cc1ccc(F)cc1. The molecule has 0 aliphatic carbocycles. The summed E-state index contributed by atoms with van der Waals surface area (Å²) in [5.41, 5.74) is 5.83. The summed E-state index contributed by atoms with van der Waals surface area (Å²) < 4.78 is 17.9. The van der Waals surface area contributed by atoms with Gasteiger partial charge in [-0.15, -0.1) is 0 Å². The molecule has 5 nitrogen and oxygen atoms in total. The van der Waals surface area contributed by atoms with Gasteiger partial charge in [0.2, 0.25) is 11.8 Å². The molecular weight excluding hydrogens is 251 g/mol. The summed E-state index contributed by atoms with van der Waals surface area (Å²) in [6.45, 7) is 3.14. The number of rotatable bonds is 6. The Morgan fingerprint density at radius 2 is 1.95 bits per heavy atom. The van der Waals surface area contributed by atoms with Gasteiger partial charge >= 0.3 is 0 Å². The van der Waals surface area contributed by atoms with E-state index in [9.17, 15) is 14.0 Å². The monoisotopic (exact) mass is 268 g/mol. The molecule has 19 heavy (non-hydrogen) atoms. The van der Waals surface area contributed by atoms with Gasteiger partial charge in [0.1, 0.15) is 18.7 Å². The van der Waals surface area contributed by atoms with Gasteiger partial charge in [-0.1, -0.05) is 12.1 Å². The molecule has 1 atom stereocenters. The maximum atomic E-state index is 12.8. The van der Waals surface area contributed by atoms with E-state index in [2.05, 4.69) is 0 Å². The second-order valence-corrected chi connectivity index (χ2v) is 4.18. The maximum Gasteiger partial charge on any atom is 0.246 e. The molecule has 0 saturated heterocycles. The van der Waals surface area contributed by atoms with Gasteiger partial charge < -0.3 is 15.4 Å². The molecule has 2 N–H and O–H groups in total. The molecule has 0 bridgehead atoms. The van der Waals surface area contributed by atoms with Crippen LogP contribution in [-0.2, 0) is 20.9 Å². The van der Waals surface area contributed by atoms with E-state index in [-0.39, 0.29) is 25.0 Å². The molecule has 0 aromatic heterocycles. The van der Waals surface area contributed by atoms with Crippen molar-refractivity contribution >= 4 is 11.8 Å². The molecule has 104 valence electrons. The number of benzene rings is 1. The molecule has 0 heterocycles. The van der Waals surface area contributed by atoms with Crippen LogP contribution in [0.1, 0.15) is 19.4 Å². The summed E-state index contributed by atoms with van der Waals surface area (Å²) in [6.07, 6.45) is -0.768. The van der Waals surface area contributed by atoms with Gasteiger partial charge in [-0.2, -0.15) is 0 Å². The summed E-state index contributed by atoms with van der Waals surface area (Å²) in [6, 6.07) is 5.81. The molecule has 0 radical (unpaired) electrons. The van der Waals surface area contributed by atoms with Gasteiger partial charge in [0, 0.05) is 13.5 Å². The molecular formula is C13H17FN2O3. The van der Waals surface area contributed by atoms with Crippen molar-refractivity contribution in [1.29, 1.82) is 0 Å². The van der Waals surface area contributed by atoms with Gasteiger partial charge in [0.25, 0.3) is 0 Å². The summed E-state index contributed by atoms with van der Waals surface area (Å²) in [5.74, 6) is -1.14. The number of carbonyl (C=O) groups excluding carboxylic acids is 2. The Hall–Kier alpha value is -1.95. The lowest BCUT2D eigenvalue weighted by atomic mass is 10.2. The zero-order valence-corrected chi connectivity index (χ0v) is 10.9. The van der Waals surface area contributed by atoms with Crippen molar-refractivity contribution in [3.05, 3.63) is 35.6 Å². The van der Waals surface area contributed by atoms with Crippen LogP contribution in [0, 0.1) is 5.82 Å². The molecule has 0 saturated carbocycles. The average molecular weight is 268 g/mol. The summed E-state index contributed by atoms with van der Waals surface area (Å²) in [7, 11) is 0. The van der Waals surface area contributed by atoms with E-state index in [4.69, 9.17) is 10.5 Å². The topological polar surface area (TPSA) is 72.6 Å². The lowest BCUT2D eigenvalue weighted by Crippen LogP contribution is -2.36. The van der Waals surface area contributed by atoms with Crippen molar-refractivity contribution in [2.75, 3.05) is 6.73 Å². The van der Waals surface area contributed by atoms with Gasteiger partial charge in [0.15, 0.2) is 0 Å². The Morgan fingerprint density at radius 3 is 2.42 bits per heavy atom. The van der Waals surface area contributed by atoms with Crippen LogP contribution < -0.4 is 5.73 Å². The van der Waals surface area contributed by atoms with Crippen LogP contribution in [0.5, 0.6) is 0 Å². The van der Waals surface area contributed by atoms with Crippen LogP contribution in [0.15, 0.2) is 24.3 Å². The number of nitrogens with zero attached hydrogens (tertiary/aromatic N) is 1. The first-order valence-corrected chi connectivity index (χ1v) is 5.81. The second kappa shape index (κ2) is 6.84. The van der Waals surface area contributed by atoms with Gasteiger partial charge in [-0.3, -0.25) is 9.59 Å². The zero-order valence-electron chi connectivity index (χ0n) is 10.9. The van der Waals surface area contributed by atoms with Crippen molar-refractivity contribution < 1.29 is 18.7 Å². The van der Waals surface area contributed by atoms with E-state index in [1.807, 2.05) is 0 Å². The lowest BCUT2D eigenvalue weighted by molar-refractivity contribution is -0.143. The third kappa shape index (κ3) is 5.05. The summed E-state index contributed by atoms with van der Waals surface area (Å²) in [4.78, 5) is 23.7. The third-order valence-electron chi connectivity index (χ3n) is 2.61. The number of hydrogen-bond acceptors (Lipinski definition) is 3. The second-order valence-electron chi connectivity index (χ2n) is 4.18. The molecule has 0 aliphatic rings. The van der Waals surface area contributed by atoms with Crippen molar-refractivity contribution in [2.24, 2.45) is 5.73 Å². The average Bonchev–Trinajstić information content (AvgIpc) is 2.35. The minimum absolute atomic E-state index is 0.0448. The highest BCUT2D eigenvalue weighted by atomic mass is 19.1. The molecule has 0 fully saturated rings. The number of ether oxygens (including phenoxy) is 1. The van der Waals surface area contributed by atoms with Gasteiger partial charge in [-0.25, -0.2) is 4.39 Å². The largest absolute Gasteiger partial charge is 0.367 e. The highest BCUT2D eigenvalue weighted by Crippen LogP contribution is 2.07. The number of carbonyl (C=O) groups is 2. The van der Waals surface area contributed by atoms with E-state index < -0.39 is 12.0 Å². The number of primary amides is 1. The number of hydrogen-bond donors (Lipinski definition) is 1. The molecule has 0 spiro atoms. The van der Waals surface area contributed by atoms with Crippen LogP contribution in [0.3, 0.4) is 0 Å². The number of halogens is 1. The van der Waals surface area contributed by atoms with Crippen molar-refractivity contribution in [3.8, 4) is 0 Å². The van der Waals surface area contributed by atoms with E-state index in [1.54, 1.807) is 12.1 Å². The quantitative estimate of drug-likeness (QED) is 0.783. The highest BCUT2D eigenvalue weighted by molar-refractivity contribution is 5.78. The molecule has 6 heteroatoms. The molecule has 1 aromatic carbocycles. The molecule has 1 rings (SSSR count). The van der Waals surface area contributed by atoms with Crippen molar-refractivity contribution in [3.63, 3.8) is 0 Å². The summed E-state index contributed by atoms with van der Waals surface area (Å²) >= 11 is 0. The normalized spacial score (nSPS) is 11.9. The van der Waals surface area contributed by atoms with Crippen LogP contribution in [0.4, 0.5) is 4.39 Å². The van der Waals surface area contributed by atoms with E-state index in [0.717, 1.165) is 5.56 Å². The lowest BCUT2D eigenvalue weighted by Gasteiger charge is -2.22. The molecule has 1 aromatic rings. The van der Waals surface area contributed by atoms with Crippen molar-refractivity contribution in [1.82, 2.24) is 4.90 Å².